The third kappa shape index (κ3) is 2.52. The average molecular weight is 274 g/mol. The van der Waals surface area contributed by atoms with Crippen molar-refractivity contribution in [1.82, 2.24) is 0 Å². The van der Waals surface area contributed by atoms with Crippen molar-refractivity contribution in [2.45, 2.75) is 18.9 Å². The van der Waals surface area contributed by atoms with Gasteiger partial charge in [0.15, 0.2) is 0 Å². The Morgan fingerprint density at radius 2 is 2.11 bits per heavy atom. The molecule has 1 saturated heterocycles. The Balaban J connectivity index is 2.27. The Labute approximate surface area is 111 Å². The summed E-state index contributed by atoms with van der Waals surface area (Å²) in [4.78, 5) is 0. The van der Waals surface area contributed by atoms with Gasteiger partial charge in [-0.15, -0.1) is 0 Å². The molecule has 0 bridgehead atoms. The topological polar surface area (TPSA) is 55.5 Å². The maximum atomic E-state index is 13.1. The minimum Gasteiger partial charge on any atom is -0.388 e. The van der Waals surface area contributed by atoms with Crippen LogP contribution >= 0.6 is 11.6 Å². The summed E-state index contributed by atoms with van der Waals surface area (Å²) in [5.74, 6) is -0.485. The van der Waals surface area contributed by atoms with Gasteiger partial charge >= 0.3 is 0 Å². The lowest BCUT2D eigenvalue weighted by atomic mass is 9.73. The number of hydrogen-bond acceptors (Lipinski definition) is 3. The Kier molecular flexibility index (Phi) is 4.22. The van der Waals surface area contributed by atoms with Crippen LogP contribution in [0.5, 0.6) is 0 Å². The number of hydrogen-bond donors (Lipinski definition) is 2. The van der Waals surface area contributed by atoms with Gasteiger partial charge in [0.05, 0.1) is 11.1 Å². The van der Waals surface area contributed by atoms with Crippen molar-refractivity contribution < 1.29 is 14.2 Å². The molecule has 0 radical (unpaired) electrons. The zero-order chi connectivity index (χ0) is 13.2. The maximum absolute atomic E-state index is 13.1. The molecule has 3 nitrogen and oxygen atoms in total. The molecular weight excluding hydrogens is 257 g/mol. The van der Waals surface area contributed by atoms with E-state index in [0.717, 1.165) is 0 Å². The van der Waals surface area contributed by atoms with Crippen molar-refractivity contribution in [3.8, 4) is 0 Å². The smallest absolute Gasteiger partial charge is 0.141 e. The van der Waals surface area contributed by atoms with E-state index in [1.54, 1.807) is 6.07 Å². The van der Waals surface area contributed by atoms with Gasteiger partial charge in [0.1, 0.15) is 5.82 Å². The molecule has 0 aromatic heterocycles. The molecule has 0 saturated carbocycles. The molecule has 18 heavy (non-hydrogen) atoms. The van der Waals surface area contributed by atoms with Crippen LogP contribution in [0.3, 0.4) is 0 Å². The number of ether oxygens (including phenoxy) is 1. The molecule has 1 aromatic carbocycles. The summed E-state index contributed by atoms with van der Waals surface area (Å²) < 4.78 is 18.4. The fourth-order valence-electron chi connectivity index (χ4n) is 2.40. The first-order chi connectivity index (χ1) is 8.59. The number of aliphatic hydroxyl groups is 1. The van der Waals surface area contributed by atoms with Gasteiger partial charge in [-0.05, 0) is 30.5 Å². The highest BCUT2D eigenvalue weighted by Crippen LogP contribution is 2.42. The van der Waals surface area contributed by atoms with Crippen molar-refractivity contribution in [2.24, 2.45) is 11.1 Å². The van der Waals surface area contributed by atoms with E-state index in [-0.39, 0.29) is 5.02 Å². The summed E-state index contributed by atoms with van der Waals surface area (Å²) in [6, 6.07) is 4.29. The number of nitrogens with two attached hydrogens (primary N) is 1. The Hall–Kier alpha value is -0.680. The fraction of sp³-hybridized carbons (Fsp3) is 0.538. The summed E-state index contributed by atoms with van der Waals surface area (Å²) in [5.41, 5.74) is 6.02. The predicted molar refractivity (Wildman–Crippen MR) is 67.9 cm³/mol. The summed E-state index contributed by atoms with van der Waals surface area (Å²) >= 11 is 5.74. The fourth-order valence-corrected chi connectivity index (χ4v) is 2.59. The molecule has 5 heteroatoms. The number of halogens is 2. The molecule has 0 amide bonds. The predicted octanol–water partition coefficient (Wildman–Crippen LogP) is 2.27. The Bertz CT molecular complexity index is 421. The zero-order valence-corrected chi connectivity index (χ0v) is 10.8. The summed E-state index contributed by atoms with van der Waals surface area (Å²) in [5, 5.41) is 10.5. The van der Waals surface area contributed by atoms with Gasteiger partial charge in [0, 0.05) is 25.2 Å². The van der Waals surface area contributed by atoms with Gasteiger partial charge in [-0.25, -0.2) is 4.39 Å². The van der Waals surface area contributed by atoms with Gasteiger partial charge in [0.2, 0.25) is 0 Å². The van der Waals surface area contributed by atoms with Crippen LogP contribution in [-0.4, -0.2) is 24.9 Å². The van der Waals surface area contributed by atoms with Crippen molar-refractivity contribution in [1.29, 1.82) is 0 Å². The highest BCUT2D eigenvalue weighted by molar-refractivity contribution is 6.30. The first kappa shape index (κ1) is 13.7. The molecule has 1 aliphatic rings. The molecule has 1 unspecified atom stereocenters. The van der Waals surface area contributed by atoms with E-state index in [2.05, 4.69) is 0 Å². The van der Waals surface area contributed by atoms with Crippen LogP contribution in [0.1, 0.15) is 24.5 Å². The summed E-state index contributed by atoms with van der Waals surface area (Å²) in [7, 11) is 0. The van der Waals surface area contributed by atoms with Gasteiger partial charge in [-0.2, -0.15) is 0 Å². The number of benzene rings is 1. The molecule has 0 aliphatic carbocycles. The lowest BCUT2D eigenvalue weighted by Gasteiger charge is -2.40. The van der Waals surface area contributed by atoms with Gasteiger partial charge in [-0.3, -0.25) is 0 Å². The van der Waals surface area contributed by atoms with Crippen LogP contribution < -0.4 is 5.73 Å². The van der Waals surface area contributed by atoms with Crippen LogP contribution in [0.15, 0.2) is 18.2 Å². The minimum absolute atomic E-state index is 0.0192. The van der Waals surface area contributed by atoms with Gasteiger partial charge in [-0.1, -0.05) is 17.7 Å². The highest BCUT2D eigenvalue weighted by Gasteiger charge is 2.39. The van der Waals surface area contributed by atoms with Crippen LogP contribution in [0.25, 0.3) is 0 Å². The van der Waals surface area contributed by atoms with Gasteiger partial charge in [0.25, 0.3) is 0 Å². The quantitative estimate of drug-likeness (QED) is 0.888. The molecule has 1 aromatic rings. The van der Waals surface area contributed by atoms with Crippen molar-refractivity contribution in [2.75, 3.05) is 19.8 Å². The van der Waals surface area contributed by atoms with E-state index in [1.165, 1.54) is 12.1 Å². The molecule has 0 spiro atoms. The van der Waals surface area contributed by atoms with E-state index < -0.39 is 17.3 Å². The third-order valence-corrected chi connectivity index (χ3v) is 4.02. The third-order valence-electron chi connectivity index (χ3n) is 3.73. The zero-order valence-electron chi connectivity index (χ0n) is 10.0. The molecule has 1 heterocycles. The van der Waals surface area contributed by atoms with E-state index >= 15 is 0 Å². The normalized spacial score (nSPS) is 20.7. The van der Waals surface area contributed by atoms with Crippen molar-refractivity contribution >= 4 is 11.6 Å². The number of aliphatic hydroxyl groups excluding tert-OH is 1. The van der Waals surface area contributed by atoms with E-state index in [4.69, 9.17) is 22.1 Å². The van der Waals surface area contributed by atoms with Crippen molar-refractivity contribution in [3.05, 3.63) is 34.6 Å². The summed E-state index contributed by atoms with van der Waals surface area (Å²) in [6.45, 7) is 1.54. The van der Waals surface area contributed by atoms with E-state index in [9.17, 15) is 9.50 Å². The largest absolute Gasteiger partial charge is 0.388 e. The molecule has 100 valence electrons. The first-order valence-electron chi connectivity index (χ1n) is 6.00. The molecule has 2 rings (SSSR count). The first-order valence-corrected chi connectivity index (χ1v) is 6.38. The average Bonchev–Trinajstić information content (AvgIpc) is 2.42. The van der Waals surface area contributed by atoms with Crippen LogP contribution in [0.2, 0.25) is 5.02 Å². The monoisotopic (exact) mass is 273 g/mol. The van der Waals surface area contributed by atoms with Crippen LogP contribution in [0, 0.1) is 11.2 Å². The number of rotatable bonds is 3. The molecule has 1 atom stereocenters. The molecular formula is C13H17ClFNO2. The summed E-state index contributed by atoms with van der Waals surface area (Å²) in [6.07, 6.45) is 0.642. The van der Waals surface area contributed by atoms with Crippen LogP contribution in [-0.2, 0) is 4.74 Å². The second-order valence-electron chi connectivity index (χ2n) is 4.75. The van der Waals surface area contributed by atoms with E-state index in [1.807, 2.05) is 0 Å². The molecule has 1 fully saturated rings. The van der Waals surface area contributed by atoms with Crippen molar-refractivity contribution in [3.63, 3.8) is 0 Å². The lowest BCUT2D eigenvalue weighted by Crippen LogP contribution is -2.41. The van der Waals surface area contributed by atoms with Crippen LogP contribution in [0.4, 0.5) is 4.39 Å². The van der Waals surface area contributed by atoms with Gasteiger partial charge < -0.3 is 15.6 Å². The van der Waals surface area contributed by atoms with E-state index in [0.29, 0.717) is 38.2 Å². The molecule has 1 aliphatic heterocycles. The second kappa shape index (κ2) is 5.53. The Morgan fingerprint density at radius 1 is 1.44 bits per heavy atom. The maximum Gasteiger partial charge on any atom is 0.141 e. The standard InChI is InChI=1S/C13H17ClFNO2/c14-10-7-9(1-2-11(10)15)12(17)13(8-16)3-5-18-6-4-13/h1-2,7,12,17H,3-6,8,16H2. The Morgan fingerprint density at radius 3 is 2.67 bits per heavy atom. The molecule has 3 N–H and O–H groups in total. The SMILES string of the molecule is NCC1(C(O)c2ccc(F)c(Cl)c2)CCOCC1. The lowest BCUT2D eigenvalue weighted by molar-refractivity contribution is -0.0581. The minimum atomic E-state index is -0.746. The highest BCUT2D eigenvalue weighted by atomic mass is 35.5. The second-order valence-corrected chi connectivity index (χ2v) is 5.16.